The van der Waals surface area contributed by atoms with Gasteiger partial charge in [0, 0.05) is 11.1 Å². The maximum Gasteiger partial charge on any atom is 0.248 e. The molecule has 8 heteroatoms. The van der Waals surface area contributed by atoms with Gasteiger partial charge in [0.1, 0.15) is 0 Å². The van der Waals surface area contributed by atoms with E-state index in [1.165, 1.54) is 36.2 Å². The number of primary amides is 2. The Morgan fingerprint density at radius 1 is 1.00 bits per heavy atom. The molecular formula is C14H22N6O2. The molecule has 2 amide bonds. The van der Waals surface area contributed by atoms with Crippen LogP contribution >= 0.6 is 0 Å². The van der Waals surface area contributed by atoms with E-state index in [9.17, 15) is 9.59 Å². The summed E-state index contributed by atoms with van der Waals surface area (Å²) in [7, 11) is 0. The topological polar surface area (TPSA) is 140 Å². The van der Waals surface area contributed by atoms with Gasteiger partial charge in [-0.1, -0.05) is 24.1 Å². The minimum absolute atomic E-state index is 0.284. The van der Waals surface area contributed by atoms with Crippen LogP contribution in [0.3, 0.4) is 0 Å². The van der Waals surface area contributed by atoms with Crippen molar-refractivity contribution in [1.29, 1.82) is 0 Å². The van der Waals surface area contributed by atoms with Gasteiger partial charge in [-0.3, -0.25) is 9.59 Å². The fourth-order valence-corrected chi connectivity index (χ4v) is 1.81. The van der Waals surface area contributed by atoms with E-state index in [2.05, 4.69) is 10.3 Å². The number of nitrogens with two attached hydrogens (primary N) is 3. The molecule has 1 aliphatic heterocycles. The van der Waals surface area contributed by atoms with Crippen molar-refractivity contribution in [2.75, 3.05) is 13.1 Å². The molecule has 0 saturated carbocycles. The fourth-order valence-electron chi connectivity index (χ4n) is 1.81. The molecule has 0 unspecified atom stereocenters. The molecular weight excluding hydrogens is 284 g/mol. The van der Waals surface area contributed by atoms with Crippen molar-refractivity contribution < 1.29 is 9.59 Å². The molecule has 0 fully saturated rings. The van der Waals surface area contributed by atoms with Gasteiger partial charge in [-0.15, -0.1) is 0 Å². The molecule has 0 saturated heterocycles. The Kier molecular flexibility index (Phi) is 7.55. The number of carbonyl (C=O) groups excluding carboxylic acids is 2. The number of hydrogen-bond donors (Lipinski definition) is 3. The van der Waals surface area contributed by atoms with Gasteiger partial charge in [0.2, 0.25) is 11.8 Å². The van der Waals surface area contributed by atoms with Crippen LogP contribution < -0.4 is 17.3 Å². The number of amides is 2. The quantitative estimate of drug-likeness (QED) is 0.700. The Labute approximate surface area is 129 Å². The van der Waals surface area contributed by atoms with Crippen LogP contribution in [0.5, 0.6) is 0 Å². The molecule has 120 valence electrons. The second-order valence-corrected chi connectivity index (χ2v) is 4.84. The summed E-state index contributed by atoms with van der Waals surface area (Å²) in [6, 6.07) is 5.97. The van der Waals surface area contributed by atoms with Gasteiger partial charge in [0.25, 0.3) is 0 Å². The lowest BCUT2D eigenvalue weighted by Gasteiger charge is -2.07. The van der Waals surface area contributed by atoms with Crippen molar-refractivity contribution in [3.05, 3.63) is 35.4 Å². The lowest BCUT2D eigenvalue weighted by atomic mass is 10.1. The second kappa shape index (κ2) is 9.46. The van der Waals surface area contributed by atoms with Crippen LogP contribution in [-0.2, 0) is 0 Å². The summed E-state index contributed by atoms with van der Waals surface area (Å²) in [5.41, 5.74) is 10.6. The summed E-state index contributed by atoms with van der Waals surface area (Å²) >= 11 is 0. The van der Waals surface area contributed by atoms with Gasteiger partial charge in [-0.2, -0.15) is 5.11 Å². The number of hydrogen-bond acceptors (Lipinski definition) is 6. The summed E-state index contributed by atoms with van der Waals surface area (Å²) in [5.74, 6) is 4.30. The number of nitrogens with zero attached hydrogens (tertiary/aromatic N) is 3. The van der Waals surface area contributed by atoms with Crippen molar-refractivity contribution in [3.8, 4) is 0 Å². The van der Waals surface area contributed by atoms with E-state index in [1.807, 2.05) is 0 Å². The normalized spacial score (nSPS) is 14.9. The first-order valence-electron chi connectivity index (χ1n) is 7.10. The lowest BCUT2D eigenvalue weighted by molar-refractivity contribution is 0.0999. The fraction of sp³-hybridized carbons (Fsp3) is 0.429. The highest BCUT2D eigenvalue weighted by atomic mass is 16.1. The van der Waals surface area contributed by atoms with Crippen LogP contribution in [0.4, 0.5) is 0 Å². The van der Waals surface area contributed by atoms with E-state index in [1.54, 1.807) is 6.07 Å². The highest BCUT2D eigenvalue weighted by molar-refractivity contribution is 5.98. The Morgan fingerprint density at radius 2 is 1.59 bits per heavy atom. The summed E-state index contributed by atoms with van der Waals surface area (Å²) in [6.07, 6.45) is 4.79. The second-order valence-electron chi connectivity index (χ2n) is 4.84. The van der Waals surface area contributed by atoms with Crippen LogP contribution in [0.15, 0.2) is 34.6 Å². The average Bonchev–Trinajstić information content (AvgIpc) is 2.62. The molecule has 0 radical (unpaired) electrons. The summed E-state index contributed by atoms with van der Waals surface area (Å²) < 4.78 is 0. The van der Waals surface area contributed by atoms with Crippen LogP contribution in [0.1, 0.15) is 46.4 Å². The third-order valence-electron chi connectivity index (χ3n) is 3.01. The van der Waals surface area contributed by atoms with Crippen LogP contribution in [0.25, 0.3) is 0 Å². The van der Waals surface area contributed by atoms with E-state index in [4.69, 9.17) is 17.3 Å². The minimum atomic E-state index is -0.571. The van der Waals surface area contributed by atoms with Gasteiger partial charge in [-0.05, 0) is 31.0 Å². The molecule has 1 aliphatic rings. The molecule has 22 heavy (non-hydrogen) atoms. The molecule has 2 rings (SSSR count). The minimum Gasteiger partial charge on any atom is -0.366 e. The molecule has 6 N–H and O–H groups in total. The predicted octanol–water partition coefficient (Wildman–Crippen LogP) is 0.988. The van der Waals surface area contributed by atoms with Crippen LogP contribution in [-0.4, -0.2) is 30.0 Å². The SMILES string of the molecule is NC(=O)c1cccc(C(N)=O)c1.NN1CCCCCCN=N1. The van der Waals surface area contributed by atoms with E-state index < -0.39 is 11.8 Å². The molecule has 0 atom stereocenters. The zero-order valence-corrected chi connectivity index (χ0v) is 12.4. The summed E-state index contributed by atoms with van der Waals surface area (Å²) in [4.78, 5) is 21.3. The molecule has 8 nitrogen and oxygen atoms in total. The lowest BCUT2D eigenvalue weighted by Crippen LogP contribution is -2.25. The molecule has 1 aromatic rings. The first-order chi connectivity index (χ1) is 10.5. The van der Waals surface area contributed by atoms with Gasteiger partial charge in [0.05, 0.1) is 13.1 Å². The number of benzene rings is 1. The van der Waals surface area contributed by atoms with E-state index in [0.29, 0.717) is 0 Å². The largest absolute Gasteiger partial charge is 0.366 e. The van der Waals surface area contributed by atoms with Crippen molar-refractivity contribution >= 4 is 11.8 Å². The summed E-state index contributed by atoms with van der Waals surface area (Å²) in [5, 5.41) is 9.10. The highest BCUT2D eigenvalue weighted by Crippen LogP contribution is 2.04. The Morgan fingerprint density at radius 3 is 2.18 bits per heavy atom. The maximum atomic E-state index is 10.6. The smallest absolute Gasteiger partial charge is 0.248 e. The zero-order valence-electron chi connectivity index (χ0n) is 12.4. The predicted molar refractivity (Wildman–Crippen MR) is 82.6 cm³/mol. The molecule has 0 spiro atoms. The average molecular weight is 306 g/mol. The van der Waals surface area contributed by atoms with E-state index >= 15 is 0 Å². The Balaban J connectivity index is 0.000000224. The first kappa shape index (κ1) is 17.6. The van der Waals surface area contributed by atoms with Crippen LogP contribution in [0.2, 0.25) is 0 Å². The molecule has 0 bridgehead atoms. The molecule has 1 aromatic carbocycles. The van der Waals surface area contributed by atoms with E-state index in [0.717, 1.165) is 25.9 Å². The number of hydrazine groups is 1. The monoisotopic (exact) mass is 306 g/mol. The van der Waals surface area contributed by atoms with Crippen molar-refractivity contribution in [1.82, 2.24) is 5.12 Å². The zero-order chi connectivity index (χ0) is 16.4. The molecule has 1 heterocycles. The van der Waals surface area contributed by atoms with Gasteiger partial charge in [0.15, 0.2) is 0 Å². The van der Waals surface area contributed by atoms with Crippen molar-refractivity contribution in [3.63, 3.8) is 0 Å². The number of rotatable bonds is 2. The van der Waals surface area contributed by atoms with Gasteiger partial charge < -0.3 is 11.5 Å². The summed E-state index contributed by atoms with van der Waals surface area (Å²) in [6.45, 7) is 1.66. The number of carbonyl (C=O) groups is 2. The molecule has 0 aliphatic carbocycles. The first-order valence-corrected chi connectivity index (χ1v) is 7.10. The van der Waals surface area contributed by atoms with E-state index in [-0.39, 0.29) is 11.1 Å². The third-order valence-corrected chi connectivity index (χ3v) is 3.01. The maximum absolute atomic E-state index is 10.6. The van der Waals surface area contributed by atoms with Gasteiger partial charge >= 0.3 is 0 Å². The van der Waals surface area contributed by atoms with Crippen LogP contribution in [0, 0.1) is 0 Å². The highest BCUT2D eigenvalue weighted by Gasteiger charge is 2.03. The standard InChI is InChI=1S/C8H8N2O2.C6H14N4/c9-7(11)5-2-1-3-6(4-5)8(10)12;7-10-6-4-2-1-3-5-8-9-10/h1-4H,(H2,9,11)(H2,10,12);1-7H2. The third kappa shape index (κ3) is 6.80. The van der Waals surface area contributed by atoms with Gasteiger partial charge in [-0.25, -0.2) is 11.0 Å². The van der Waals surface area contributed by atoms with Crippen molar-refractivity contribution in [2.24, 2.45) is 27.6 Å². The Bertz CT molecular complexity index is 503. The Hall–Kier alpha value is -2.48. The molecule has 0 aromatic heterocycles. The van der Waals surface area contributed by atoms with Crippen molar-refractivity contribution in [2.45, 2.75) is 25.7 Å².